The normalized spacial score (nSPS) is 11.4. The second-order valence-electron chi connectivity index (χ2n) is 7.19. The maximum absolute atomic E-state index is 5.99. The molecule has 0 aliphatic carbocycles. The molecule has 0 saturated carbocycles. The standard InChI is InChI=1S/C24H36O3Si/c1-2-3-4-5-6-7-8-15-20-28-25-21-24(26-22-16-11-9-12-17-22)27-23-18-13-10-14-19-23/h9-14,16-19,24H,2-8,15,20-21,28H2,1H3. The van der Waals surface area contributed by atoms with Gasteiger partial charge in [0.05, 0.1) is 0 Å². The van der Waals surface area contributed by atoms with Crippen LogP contribution in [0.25, 0.3) is 0 Å². The molecule has 3 nitrogen and oxygen atoms in total. The van der Waals surface area contributed by atoms with Crippen molar-refractivity contribution in [2.45, 2.75) is 70.6 Å². The highest BCUT2D eigenvalue weighted by atomic mass is 28.2. The molecule has 0 spiro atoms. The average molecular weight is 401 g/mol. The lowest BCUT2D eigenvalue weighted by molar-refractivity contribution is -0.0272. The average Bonchev–Trinajstić information content (AvgIpc) is 2.73. The largest absolute Gasteiger partial charge is 0.452 e. The molecule has 4 heteroatoms. The Hall–Kier alpha value is -1.78. The summed E-state index contributed by atoms with van der Waals surface area (Å²) in [5, 5.41) is 0. The molecule has 2 aromatic rings. The Morgan fingerprint density at radius 1 is 0.679 bits per heavy atom. The van der Waals surface area contributed by atoms with E-state index in [1.165, 1.54) is 57.4 Å². The van der Waals surface area contributed by atoms with Crippen LogP contribution < -0.4 is 9.47 Å². The number of ether oxygens (including phenoxy) is 2. The maximum atomic E-state index is 5.99. The molecule has 0 aliphatic heterocycles. The van der Waals surface area contributed by atoms with Crippen molar-refractivity contribution < 1.29 is 13.9 Å². The van der Waals surface area contributed by atoms with E-state index in [0.717, 1.165) is 11.5 Å². The first kappa shape index (κ1) is 22.5. The molecular formula is C24H36O3Si. The second-order valence-corrected chi connectivity index (χ2v) is 8.72. The van der Waals surface area contributed by atoms with Crippen molar-refractivity contribution in [3.63, 3.8) is 0 Å². The van der Waals surface area contributed by atoms with Crippen LogP contribution in [0, 0.1) is 0 Å². The molecule has 154 valence electrons. The van der Waals surface area contributed by atoms with Gasteiger partial charge in [0.15, 0.2) is 9.76 Å². The number of unbranched alkanes of at least 4 members (excludes halogenated alkanes) is 7. The van der Waals surface area contributed by atoms with Gasteiger partial charge in [-0.3, -0.25) is 0 Å². The van der Waals surface area contributed by atoms with E-state index in [1.54, 1.807) is 0 Å². The Morgan fingerprint density at radius 3 is 1.71 bits per heavy atom. The van der Waals surface area contributed by atoms with Gasteiger partial charge in [-0.05, 0) is 30.3 Å². The van der Waals surface area contributed by atoms with Gasteiger partial charge in [0.1, 0.15) is 18.1 Å². The van der Waals surface area contributed by atoms with Crippen molar-refractivity contribution in [1.82, 2.24) is 0 Å². The zero-order chi connectivity index (χ0) is 19.7. The molecule has 0 atom stereocenters. The summed E-state index contributed by atoms with van der Waals surface area (Å²) >= 11 is 0. The third-order valence-corrected chi connectivity index (χ3v) is 5.98. The van der Waals surface area contributed by atoms with Gasteiger partial charge in [-0.25, -0.2) is 0 Å². The van der Waals surface area contributed by atoms with E-state index >= 15 is 0 Å². The van der Waals surface area contributed by atoms with Crippen LogP contribution in [-0.2, 0) is 4.43 Å². The summed E-state index contributed by atoms with van der Waals surface area (Å²) in [6.07, 6.45) is 10.5. The molecule has 0 radical (unpaired) electrons. The van der Waals surface area contributed by atoms with E-state index in [1.807, 2.05) is 60.7 Å². The molecule has 2 rings (SSSR count). The van der Waals surface area contributed by atoms with Gasteiger partial charge in [0.25, 0.3) is 6.29 Å². The van der Waals surface area contributed by atoms with E-state index in [-0.39, 0.29) is 0 Å². The number of hydrogen-bond donors (Lipinski definition) is 0. The highest BCUT2D eigenvalue weighted by Crippen LogP contribution is 2.16. The fourth-order valence-electron chi connectivity index (χ4n) is 3.09. The van der Waals surface area contributed by atoms with E-state index in [0.29, 0.717) is 6.61 Å². The lowest BCUT2D eigenvalue weighted by Crippen LogP contribution is -2.30. The first-order valence-electron chi connectivity index (χ1n) is 10.9. The van der Waals surface area contributed by atoms with Crippen molar-refractivity contribution >= 4 is 9.76 Å². The lowest BCUT2D eigenvalue weighted by Gasteiger charge is -2.20. The summed E-state index contributed by atoms with van der Waals surface area (Å²) in [4.78, 5) is 0. The molecule has 2 aromatic carbocycles. The van der Waals surface area contributed by atoms with Crippen LogP contribution in [-0.4, -0.2) is 22.7 Å². The monoisotopic (exact) mass is 400 g/mol. The summed E-state index contributed by atoms with van der Waals surface area (Å²) in [5.41, 5.74) is 0. The summed E-state index contributed by atoms with van der Waals surface area (Å²) in [7, 11) is -0.517. The van der Waals surface area contributed by atoms with E-state index in [2.05, 4.69) is 6.92 Å². The Kier molecular flexibility index (Phi) is 12.2. The Labute approximate surface area is 173 Å². The first-order chi connectivity index (χ1) is 13.9. The zero-order valence-electron chi connectivity index (χ0n) is 17.4. The van der Waals surface area contributed by atoms with Gasteiger partial charge in [0.2, 0.25) is 0 Å². The summed E-state index contributed by atoms with van der Waals surface area (Å²) < 4.78 is 18.0. The van der Waals surface area contributed by atoms with Crippen molar-refractivity contribution in [2.75, 3.05) is 6.61 Å². The summed E-state index contributed by atoms with van der Waals surface area (Å²) in [6, 6.07) is 20.8. The predicted octanol–water partition coefficient (Wildman–Crippen LogP) is 6.13. The molecule has 0 bridgehead atoms. The maximum Gasteiger partial charge on any atom is 0.262 e. The summed E-state index contributed by atoms with van der Waals surface area (Å²) in [6.45, 7) is 2.75. The molecule has 0 aliphatic rings. The SMILES string of the molecule is CCCCCCCCCC[SiH2]OCC(Oc1ccccc1)Oc1ccccc1. The van der Waals surface area contributed by atoms with E-state index in [4.69, 9.17) is 13.9 Å². The van der Waals surface area contributed by atoms with Gasteiger partial charge in [-0.2, -0.15) is 0 Å². The molecule has 0 heterocycles. The third-order valence-electron chi connectivity index (χ3n) is 4.67. The molecule has 0 fully saturated rings. The number of para-hydroxylation sites is 2. The Bertz CT molecular complexity index is 550. The van der Waals surface area contributed by atoms with Crippen LogP contribution in [0.3, 0.4) is 0 Å². The van der Waals surface area contributed by atoms with Crippen LogP contribution >= 0.6 is 0 Å². The molecule has 0 N–H and O–H groups in total. The minimum Gasteiger partial charge on any atom is -0.452 e. The summed E-state index contributed by atoms with van der Waals surface area (Å²) in [5.74, 6) is 1.61. The molecular weight excluding hydrogens is 364 g/mol. The number of hydrogen-bond acceptors (Lipinski definition) is 3. The van der Waals surface area contributed by atoms with Crippen molar-refractivity contribution in [2.24, 2.45) is 0 Å². The minimum atomic E-state index is -0.517. The highest BCUT2D eigenvalue weighted by molar-refractivity contribution is 6.26. The Balaban J connectivity index is 1.62. The van der Waals surface area contributed by atoms with E-state index < -0.39 is 16.1 Å². The lowest BCUT2D eigenvalue weighted by atomic mass is 10.1. The van der Waals surface area contributed by atoms with Crippen LogP contribution in [0.2, 0.25) is 6.04 Å². The zero-order valence-corrected chi connectivity index (χ0v) is 18.8. The van der Waals surface area contributed by atoms with Crippen molar-refractivity contribution in [1.29, 1.82) is 0 Å². The predicted molar refractivity (Wildman–Crippen MR) is 120 cm³/mol. The molecule has 0 aromatic heterocycles. The number of benzene rings is 2. The van der Waals surface area contributed by atoms with Crippen molar-refractivity contribution in [3.05, 3.63) is 60.7 Å². The highest BCUT2D eigenvalue weighted by Gasteiger charge is 2.12. The topological polar surface area (TPSA) is 27.7 Å². The third kappa shape index (κ3) is 10.5. The van der Waals surface area contributed by atoms with Gasteiger partial charge in [-0.15, -0.1) is 0 Å². The van der Waals surface area contributed by atoms with Crippen LogP contribution in [0.15, 0.2) is 60.7 Å². The molecule has 0 saturated heterocycles. The molecule has 0 amide bonds. The number of rotatable bonds is 16. The smallest absolute Gasteiger partial charge is 0.262 e. The van der Waals surface area contributed by atoms with Gasteiger partial charge in [-0.1, -0.05) is 94.7 Å². The first-order valence-corrected chi connectivity index (χ1v) is 12.5. The molecule has 28 heavy (non-hydrogen) atoms. The Morgan fingerprint density at radius 2 is 1.18 bits per heavy atom. The van der Waals surface area contributed by atoms with Gasteiger partial charge >= 0.3 is 0 Å². The van der Waals surface area contributed by atoms with Gasteiger partial charge < -0.3 is 13.9 Å². The quantitative estimate of drug-likeness (QED) is 0.193. The van der Waals surface area contributed by atoms with Crippen molar-refractivity contribution in [3.8, 4) is 11.5 Å². The van der Waals surface area contributed by atoms with Crippen LogP contribution in [0.5, 0.6) is 11.5 Å². The van der Waals surface area contributed by atoms with Crippen LogP contribution in [0.4, 0.5) is 0 Å². The fraction of sp³-hybridized carbons (Fsp3) is 0.500. The van der Waals surface area contributed by atoms with Crippen LogP contribution in [0.1, 0.15) is 58.3 Å². The fourth-order valence-corrected chi connectivity index (χ4v) is 4.21. The second kappa shape index (κ2) is 15.2. The van der Waals surface area contributed by atoms with Gasteiger partial charge in [0, 0.05) is 0 Å². The minimum absolute atomic E-state index is 0.420. The van der Waals surface area contributed by atoms with E-state index in [9.17, 15) is 0 Å². The molecule has 0 unspecified atom stereocenters.